The lowest BCUT2D eigenvalue weighted by atomic mass is 9.96. The van der Waals surface area contributed by atoms with E-state index in [1.54, 1.807) is 11.0 Å². The molecule has 2 amide bonds. The van der Waals surface area contributed by atoms with Crippen molar-refractivity contribution in [3.63, 3.8) is 0 Å². The van der Waals surface area contributed by atoms with E-state index < -0.39 is 0 Å². The average molecular weight is 386 g/mol. The van der Waals surface area contributed by atoms with Gasteiger partial charge in [0.1, 0.15) is 0 Å². The van der Waals surface area contributed by atoms with E-state index in [1.807, 2.05) is 32.0 Å². The fraction of sp³-hybridized carbons (Fsp3) is 0.556. The Bertz CT molecular complexity index is 626. The summed E-state index contributed by atoms with van der Waals surface area (Å²) in [5.74, 6) is -0.0819. The van der Waals surface area contributed by atoms with Crippen molar-refractivity contribution in [2.75, 3.05) is 33.7 Å². The number of rotatable bonds is 6. The molecule has 25 heavy (non-hydrogen) atoms. The van der Waals surface area contributed by atoms with E-state index in [0.717, 1.165) is 17.7 Å². The molecule has 0 bridgehead atoms. The van der Waals surface area contributed by atoms with Crippen LogP contribution in [0.2, 0.25) is 10.0 Å². The summed E-state index contributed by atoms with van der Waals surface area (Å²) < 4.78 is 0. The number of hydrogen-bond donors (Lipinski definition) is 1. The fourth-order valence-corrected chi connectivity index (χ4v) is 3.60. The average Bonchev–Trinajstić information content (AvgIpc) is 2.52. The van der Waals surface area contributed by atoms with Gasteiger partial charge in [-0.2, -0.15) is 0 Å². The zero-order valence-electron chi connectivity index (χ0n) is 14.9. The second-order valence-corrected chi connectivity index (χ2v) is 7.62. The van der Waals surface area contributed by atoms with Crippen LogP contribution in [0.4, 0.5) is 0 Å². The van der Waals surface area contributed by atoms with Gasteiger partial charge in [0, 0.05) is 42.6 Å². The molecule has 1 aliphatic heterocycles. The highest BCUT2D eigenvalue weighted by atomic mass is 35.5. The molecule has 0 aliphatic carbocycles. The highest BCUT2D eigenvalue weighted by Crippen LogP contribution is 2.25. The topological polar surface area (TPSA) is 52.7 Å². The predicted molar refractivity (Wildman–Crippen MR) is 101 cm³/mol. The lowest BCUT2D eigenvalue weighted by molar-refractivity contribution is -0.138. The Balaban J connectivity index is 1.93. The second kappa shape index (κ2) is 8.88. The van der Waals surface area contributed by atoms with Crippen LogP contribution >= 0.6 is 23.2 Å². The van der Waals surface area contributed by atoms with Crippen LogP contribution in [0.3, 0.4) is 0 Å². The molecule has 1 heterocycles. The quantitative estimate of drug-likeness (QED) is 0.818. The summed E-state index contributed by atoms with van der Waals surface area (Å²) in [6.45, 7) is 4.20. The maximum atomic E-state index is 12.5. The van der Waals surface area contributed by atoms with Gasteiger partial charge in [-0.25, -0.2) is 0 Å². The summed E-state index contributed by atoms with van der Waals surface area (Å²) in [5.41, 5.74) is 1.82. The van der Waals surface area contributed by atoms with Crippen LogP contribution in [0, 0.1) is 12.8 Å². The van der Waals surface area contributed by atoms with Gasteiger partial charge in [0.2, 0.25) is 11.8 Å². The number of likely N-dealkylation sites (N-methyl/N-ethyl adjacent to an activating group) is 1. The summed E-state index contributed by atoms with van der Waals surface area (Å²) >= 11 is 12.2. The number of amides is 2. The van der Waals surface area contributed by atoms with Gasteiger partial charge in [-0.15, -0.1) is 0 Å². The SMILES string of the molecule is Cc1cc(Cl)cc(Cl)c1CNC(=O)[C@@H]1CCC(=O)N(CCN(C)C)C1. The maximum absolute atomic E-state index is 12.5. The van der Waals surface area contributed by atoms with E-state index in [-0.39, 0.29) is 17.7 Å². The van der Waals surface area contributed by atoms with Crippen molar-refractivity contribution in [2.24, 2.45) is 5.92 Å². The van der Waals surface area contributed by atoms with Gasteiger partial charge in [-0.1, -0.05) is 23.2 Å². The molecule has 0 radical (unpaired) electrons. The number of carbonyl (C=O) groups is 2. The Morgan fingerprint density at radius 1 is 1.36 bits per heavy atom. The Morgan fingerprint density at radius 2 is 2.08 bits per heavy atom. The second-order valence-electron chi connectivity index (χ2n) is 6.78. The molecule has 5 nitrogen and oxygen atoms in total. The number of halogens is 2. The zero-order chi connectivity index (χ0) is 18.6. The summed E-state index contributed by atoms with van der Waals surface area (Å²) in [6.07, 6.45) is 1.02. The van der Waals surface area contributed by atoms with Crippen molar-refractivity contribution in [2.45, 2.75) is 26.3 Å². The molecule has 1 fully saturated rings. The predicted octanol–water partition coefficient (Wildman–Crippen LogP) is 2.72. The number of piperidine rings is 1. The molecule has 138 valence electrons. The Hall–Kier alpha value is -1.30. The summed E-state index contributed by atoms with van der Waals surface area (Å²) in [6, 6.07) is 3.51. The van der Waals surface area contributed by atoms with E-state index in [1.165, 1.54) is 0 Å². The highest BCUT2D eigenvalue weighted by molar-refractivity contribution is 6.35. The summed E-state index contributed by atoms with van der Waals surface area (Å²) in [7, 11) is 3.94. The first-order valence-electron chi connectivity index (χ1n) is 8.42. The maximum Gasteiger partial charge on any atom is 0.225 e. The summed E-state index contributed by atoms with van der Waals surface area (Å²) in [4.78, 5) is 28.4. The first kappa shape index (κ1) is 20.0. The molecule has 1 N–H and O–H groups in total. The smallest absolute Gasteiger partial charge is 0.225 e. The number of aryl methyl sites for hydroxylation is 1. The Kier molecular flexibility index (Phi) is 7.11. The van der Waals surface area contributed by atoms with E-state index in [4.69, 9.17) is 23.2 Å². The molecule has 0 saturated carbocycles. The first-order valence-corrected chi connectivity index (χ1v) is 9.18. The third kappa shape index (κ3) is 5.59. The van der Waals surface area contributed by atoms with Crippen LogP contribution < -0.4 is 5.32 Å². The van der Waals surface area contributed by atoms with Gasteiger partial charge in [-0.05, 0) is 50.7 Å². The zero-order valence-corrected chi connectivity index (χ0v) is 16.5. The normalized spacial score (nSPS) is 17.9. The molecule has 2 rings (SSSR count). The van der Waals surface area contributed by atoms with Crippen molar-refractivity contribution in [3.05, 3.63) is 33.3 Å². The standard InChI is InChI=1S/C18H25Cl2N3O2/c1-12-8-14(19)9-16(20)15(12)10-21-18(25)13-4-5-17(24)23(11-13)7-6-22(2)3/h8-9,13H,4-7,10-11H2,1-3H3,(H,21,25)/t13-/m1/s1. The van der Waals surface area contributed by atoms with Gasteiger partial charge in [-0.3, -0.25) is 9.59 Å². The van der Waals surface area contributed by atoms with Gasteiger partial charge in [0.05, 0.1) is 5.92 Å². The molecular formula is C18H25Cl2N3O2. The van der Waals surface area contributed by atoms with Gasteiger partial charge >= 0.3 is 0 Å². The number of hydrogen-bond acceptors (Lipinski definition) is 3. The molecule has 1 aromatic rings. The van der Waals surface area contributed by atoms with E-state index in [0.29, 0.717) is 42.5 Å². The molecular weight excluding hydrogens is 361 g/mol. The largest absolute Gasteiger partial charge is 0.352 e. The van der Waals surface area contributed by atoms with Gasteiger partial charge in [0.15, 0.2) is 0 Å². The lowest BCUT2D eigenvalue weighted by Crippen LogP contribution is -2.47. The van der Waals surface area contributed by atoms with Crippen molar-refractivity contribution < 1.29 is 9.59 Å². The molecule has 1 aliphatic rings. The minimum Gasteiger partial charge on any atom is -0.352 e. The van der Waals surface area contributed by atoms with Crippen LogP contribution in [0.25, 0.3) is 0 Å². The van der Waals surface area contributed by atoms with Crippen LogP contribution in [0.1, 0.15) is 24.0 Å². The van der Waals surface area contributed by atoms with Crippen LogP contribution in [-0.4, -0.2) is 55.3 Å². The van der Waals surface area contributed by atoms with Crippen LogP contribution in [-0.2, 0) is 16.1 Å². The van der Waals surface area contributed by atoms with Gasteiger partial charge in [0.25, 0.3) is 0 Å². The van der Waals surface area contributed by atoms with Crippen molar-refractivity contribution >= 4 is 35.0 Å². The Labute approximate surface area is 159 Å². The van der Waals surface area contributed by atoms with Crippen LogP contribution in [0.15, 0.2) is 12.1 Å². The van der Waals surface area contributed by atoms with E-state index >= 15 is 0 Å². The minimum absolute atomic E-state index is 0.0345. The monoisotopic (exact) mass is 385 g/mol. The number of carbonyl (C=O) groups excluding carboxylic acids is 2. The molecule has 0 aromatic heterocycles. The molecule has 0 unspecified atom stereocenters. The molecule has 1 aromatic carbocycles. The number of nitrogens with zero attached hydrogens (tertiary/aromatic N) is 2. The molecule has 7 heteroatoms. The fourth-order valence-electron chi connectivity index (χ4n) is 2.94. The van der Waals surface area contributed by atoms with E-state index in [9.17, 15) is 9.59 Å². The lowest BCUT2D eigenvalue weighted by Gasteiger charge is -2.32. The molecule has 1 atom stereocenters. The highest BCUT2D eigenvalue weighted by Gasteiger charge is 2.30. The molecule has 0 spiro atoms. The Morgan fingerprint density at radius 3 is 2.72 bits per heavy atom. The number of nitrogens with one attached hydrogen (secondary N) is 1. The van der Waals surface area contributed by atoms with Crippen molar-refractivity contribution in [3.8, 4) is 0 Å². The minimum atomic E-state index is -0.175. The van der Waals surface area contributed by atoms with Crippen molar-refractivity contribution in [1.29, 1.82) is 0 Å². The van der Waals surface area contributed by atoms with E-state index in [2.05, 4.69) is 5.32 Å². The third-order valence-corrected chi connectivity index (χ3v) is 5.07. The van der Waals surface area contributed by atoms with Crippen LogP contribution in [0.5, 0.6) is 0 Å². The van der Waals surface area contributed by atoms with Crippen molar-refractivity contribution in [1.82, 2.24) is 15.1 Å². The summed E-state index contributed by atoms with van der Waals surface area (Å²) in [5, 5.41) is 4.09. The number of likely N-dealkylation sites (tertiary alicyclic amines) is 1. The first-order chi connectivity index (χ1) is 11.8. The molecule has 1 saturated heterocycles. The number of benzene rings is 1. The third-order valence-electron chi connectivity index (χ3n) is 4.51. The van der Waals surface area contributed by atoms with Gasteiger partial charge < -0.3 is 15.1 Å².